The zero-order chi connectivity index (χ0) is 25.4. The first-order chi connectivity index (χ1) is 16.7. The Kier molecular flexibility index (Phi) is 9.30. The minimum Gasteiger partial charge on any atom is -0.484 e. The van der Waals surface area contributed by atoms with E-state index in [1.54, 1.807) is 17.0 Å². The summed E-state index contributed by atoms with van der Waals surface area (Å²) in [4.78, 5) is 28.2. The van der Waals surface area contributed by atoms with Crippen molar-refractivity contribution in [3.05, 3.63) is 65.5 Å². The summed E-state index contributed by atoms with van der Waals surface area (Å²) in [5, 5.41) is 3.16. The average molecular weight is 483 g/mol. The quantitative estimate of drug-likeness (QED) is 0.494. The van der Waals surface area contributed by atoms with Crippen LogP contribution >= 0.6 is 0 Å². The van der Waals surface area contributed by atoms with Crippen molar-refractivity contribution in [2.24, 2.45) is 0 Å². The molecule has 2 aromatic rings. The summed E-state index contributed by atoms with van der Waals surface area (Å²) >= 11 is 0. The zero-order valence-corrected chi connectivity index (χ0v) is 21.5. The molecule has 5 nitrogen and oxygen atoms in total. The smallest absolute Gasteiger partial charge is 0.261 e. The molecule has 1 fully saturated rings. The van der Waals surface area contributed by atoms with Crippen molar-refractivity contribution in [3.8, 4) is 5.75 Å². The highest BCUT2D eigenvalue weighted by molar-refractivity contribution is 5.88. The van der Waals surface area contributed by atoms with E-state index >= 15 is 0 Å². The predicted molar refractivity (Wildman–Crippen MR) is 137 cm³/mol. The normalized spacial score (nSPS) is 15.3. The van der Waals surface area contributed by atoms with Crippen molar-refractivity contribution in [1.29, 1.82) is 0 Å². The molecule has 2 amide bonds. The number of carbonyl (C=O) groups excluding carboxylic acids is 2. The van der Waals surface area contributed by atoms with Crippen LogP contribution < -0.4 is 10.1 Å². The number of rotatable bonds is 9. The summed E-state index contributed by atoms with van der Waals surface area (Å²) < 4.78 is 19.3. The van der Waals surface area contributed by atoms with Crippen LogP contribution in [0.4, 0.5) is 4.39 Å². The highest BCUT2D eigenvalue weighted by atomic mass is 19.1. The SMILES string of the molecule is CC[C@H](C(=O)NC1CCCCC1)N(Cc1ccc(F)cc1)C(=O)COc1ccc(C(C)(C)C)cc1. The first-order valence-corrected chi connectivity index (χ1v) is 12.7. The second kappa shape index (κ2) is 12.2. The molecule has 2 aromatic carbocycles. The summed E-state index contributed by atoms with van der Waals surface area (Å²) in [6, 6.07) is 13.3. The van der Waals surface area contributed by atoms with Crippen LogP contribution in [0.1, 0.15) is 77.3 Å². The minimum atomic E-state index is -0.624. The van der Waals surface area contributed by atoms with Gasteiger partial charge in [0.1, 0.15) is 17.6 Å². The summed E-state index contributed by atoms with van der Waals surface area (Å²) in [6.45, 7) is 8.36. The van der Waals surface area contributed by atoms with E-state index in [4.69, 9.17) is 4.74 Å². The molecule has 35 heavy (non-hydrogen) atoms. The van der Waals surface area contributed by atoms with E-state index < -0.39 is 6.04 Å². The van der Waals surface area contributed by atoms with Crippen molar-refractivity contribution in [3.63, 3.8) is 0 Å². The van der Waals surface area contributed by atoms with E-state index in [2.05, 4.69) is 26.1 Å². The minimum absolute atomic E-state index is 0.0281. The molecule has 1 N–H and O–H groups in total. The largest absolute Gasteiger partial charge is 0.484 e. The summed E-state index contributed by atoms with van der Waals surface area (Å²) in [7, 11) is 0. The van der Waals surface area contributed by atoms with Crippen molar-refractivity contribution < 1.29 is 18.7 Å². The van der Waals surface area contributed by atoms with Crippen LogP contribution in [0.25, 0.3) is 0 Å². The number of nitrogens with one attached hydrogen (secondary N) is 1. The average Bonchev–Trinajstić information content (AvgIpc) is 2.84. The van der Waals surface area contributed by atoms with Gasteiger partial charge in [-0.05, 0) is 60.1 Å². The lowest BCUT2D eigenvalue weighted by atomic mass is 9.87. The van der Waals surface area contributed by atoms with Crippen molar-refractivity contribution in [2.45, 2.75) is 90.3 Å². The highest BCUT2D eigenvalue weighted by Crippen LogP contribution is 2.24. The second-order valence-electron chi connectivity index (χ2n) is 10.5. The molecule has 6 heteroatoms. The lowest BCUT2D eigenvalue weighted by Gasteiger charge is -2.32. The van der Waals surface area contributed by atoms with Crippen LogP contribution in [-0.2, 0) is 21.5 Å². The van der Waals surface area contributed by atoms with E-state index in [1.807, 2.05) is 31.2 Å². The van der Waals surface area contributed by atoms with Gasteiger partial charge in [0.15, 0.2) is 6.61 Å². The van der Waals surface area contributed by atoms with Gasteiger partial charge in [-0.15, -0.1) is 0 Å². The zero-order valence-electron chi connectivity index (χ0n) is 21.5. The molecule has 1 atom stereocenters. The molecule has 0 unspecified atom stereocenters. The third-order valence-corrected chi connectivity index (χ3v) is 6.69. The lowest BCUT2D eigenvalue weighted by Crippen LogP contribution is -2.52. The van der Waals surface area contributed by atoms with Gasteiger partial charge in [-0.1, -0.05) is 71.2 Å². The van der Waals surface area contributed by atoms with Crippen LogP contribution in [0.5, 0.6) is 5.75 Å². The number of carbonyl (C=O) groups is 2. The Labute approximate surface area is 209 Å². The van der Waals surface area contributed by atoms with Gasteiger partial charge in [0.25, 0.3) is 5.91 Å². The van der Waals surface area contributed by atoms with E-state index in [0.717, 1.165) is 31.2 Å². The van der Waals surface area contributed by atoms with Crippen molar-refractivity contribution >= 4 is 11.8 Å². The molecule has 0 aromatic heterocycles. The molecule has 1 saturated carbocycles. The second-order valence-corrected chi connectivity index (χ2v) is 10.5. The fraction of sp³-hybridized carbons (Fsp3) is 0.517. The number of nitrogens with zero attached hydrogens (tertiary/aromatic N) is 1. The van der Waals surface area contributed by atoms with E-state index in [9.17, 15) is 14.0 Å². The topological polar surface area (TPSA) is 58.6 Å². The third kappa shape index (κ3) is 7.81. The van der Waals surface area contributed by atoms with Gasteiger partial charge in [0.05, 0.1) is 0 Å². The number of benzene rings is 2. The molecule has 0 bridgehead atoms. The number of halogens is 1. The van der Waals surface area contributed by atoms with Crippen LogP contribution in [-0.4, -0.2) is 35.4 Å². The lowest BCUT2D eigenvalue weighted by molar-refractivity contribution is -0.143. The first kappa shape index (κ1) is 26.7. The van der Waals surface area contributed by atoms with Gasteiger partial charge in [0, 0.05) is 12.6 Å². The molecule has 3 rings (SSSR count). The van der Waals surface area contributed by atoms with Crippen molar-refractivity contribution in [2.75, 3.05) is 6.61 Å². The van der Waals surface area contributed by atoms with E-state index in [0.29, 0.717) is 12.2 Å². The number of hydrogen-bond acceptors (Lipinski definition) is 3. The molecule has 0 aliphatic heterocycles. The molecule has 1 aliphatic carbocycles. The standard InChI is InChI=1S/C29H39FN2O3/c1-5-26(28(34)31-24-9-7-6-8-10-24)32(19-21-11-15-23(30)16-12-21)27(33)20-35-25-17-13-22(14-18-25)29(2,3)4/h11-18,24,26H,5-10,19-20H2,1-4H3,(H,31,34)/t26-/m1/s1. The Hall–Kier alpha value is -2.89. The molecule has 1 aliphatic rings. The fourth-order valence-electron chi connectivity index (χ4n) is 4.53. The van der Waals surface area contributed by atoms with Gasteiger partial charge in [-0.25, -0.2) is 4.39 Å². The summed E-state index contributed by atoms with van der Waals surface area (Å²) in [5.41, 5.74) is 1.97. The Morgan fingerprint density at radius 3 is 2.23 bits per heavy atom. The van der Waals surface area contributed by atoms with Crippen LogP contribution in [0.3, 0.4) is 0 Å². The molecule has 0 spiro atoms. The molecule has 0 saturated heterocycles. The van der Waals surface area contributed by atoms with Gasteiger partial charge in [0.2, 0.25) is 5.91 Å². The molecule has 0 heterocycles. The predicted octanol–water partition coefficient (Wildman–Crippen LogP) is 5.76. The fourth-order valence-corrected chi connectivity index (χ4v) is 4.53. The van der Waals surface area contributed by atoms with E-state index in [-0.39, 0.29) is 42.2 Å². The number of ether oxygens (including phenoxy) is 1. The summed E-state index contributed by atoms with van der Waals surface area (Å²) in [5.74, 6) is -0.146. The monoisotopic (exact) mass is 482 g/mol. The molecule has 0 radical (unpaired) electrons. The van der Waals surface area contributed by atoms with Gasteiger partial charge in [-0.3, -0.25) is 9.59 Å². The van der Waals surface area contributed by atoms with E-state index in [1.165, 1.54) is 24.1 Å². The third-order valence-electron chi connectivity index (χ3n) is 6.69. The molecular formula is C29H39FN2O3. The number of amides is 2. The van der Waals surface area contributed by atoms with Crippen LogP contribution in [0.2, 0.25) is 0 Å². The van der Waals surface area contributed by atoms with Gasteiger partial charge >= 0.3 is 0 Å². The maximum absolute atomic E-state index is 13.4. The summed E-state index contributed by atoms with van der Waals surface area (Å²) in [6.07, 6.45) is 5.85. The van der Waals surface area contributed by atoms with Gasteiger partial charge < -0.3 is 15.0 Å². The molecule has 190 valence electrons. The van der Waals surface area contributed by atoms with Crippen LogP contribution in [0.15, 0.2) is 48.5 Å². The number of hydrogen-bond donors (Lipinski definition) is 1. The van der Waals surface area contributed by atoms with Crippen molar-refractivity contribution in [1.82, 2.24) is 10.2 Å². The maximum atomic E-state index is 13.4. The van der Waals surface area contributed by atoms with Gasteiger partial charge in [-0.2, -0.15) is 0 Å². The maximum Gasteiger partial charge on any atom is 0.261 e. The first-order valence-electron chi connectivity index (χ1n) is 12.7. The Bertz CT molecular complexity index is 961. The van der Waals surface area contributed by atoms with Crippen LogP contribution in [0, 0.1) is 5.82 Å². The Balaban J connectivity index is 1.73. The molecular weight excluding hydrogens is 443 g/mol. The highest BCUT2D eigenvalue weighted by Gasteiger charge is 2.30. The Morgan fingerprint density at radius 2 is 1.66 bits per heavy atom. The Morgan fingerprint density at radius 1 is 1.03 bits per heavy atom.